The van der Waals surface area contributed by atoms with Gasteiger partial charge in [0.1, 0.15) is 0 Å². The van der Waals surface area contributed by atoms with E-state index in [1.54, 1.807) is 0 Å². The second kappa shape index (κ2) is 7.02. The Morgan fingerprint density at radius 3 is 1.86 bits per heavy atom. The molecule has 1 unspecified atom stereocenters. The van der Waals surface area contributed by atoms with E-state index in [-0.39, 0.29) is 19.1 Å². The fourth-order valence-electron chi connectivity index (χ4n) is 2.19. The SMILES string of the molecule is NC(CO)Cc1ccc(-c2ccc(CC(=O)O)cc2)cc1. The van der Waals surface area contributed by atoms with Crippen molar-refractivity contribution in [1.82, 2.24) is 0 Å². The number of benzene rings is 2. The summed E-state index contributed by atoms with van der Waals surface area (Å²) in [7, 11) is 0. The van der Waals surface area contributed by atoms with Gasteiger partial charge in [0.05, 0.1) is 13.0 Å². The molecule has 0 saturated carbocycles. The first-order valence-electron chi connectivity index (χ1n) is 6.85. The van der Waals surface area contributed by atoms with Crippen molar-refractivity contribution >= 4 is 5.97 Å². The minimum atomic E-state index is -0.827. The standard InChI is InChI=1S/C17H19NO3/c18-16(11-19)9-12-1-5-14(6-2-12)15-7-3-13(4-8-15)10-17(20)21/h1-8,16,19H,9-11,18H2,(H,20,21). The summed E-state index contributed by atoms with van der Waals surface area (Å²) in [5.74, 6) is -0.827. The maximum absolute atomic E-state index is 10.6. The topological polar surface area (TPSA) is 83.5 Å². The molecule has 0 radical (unpaired) electrons. The van der Waals surface area contributed by atoms with Crippen molar-refractivity contribution in [2.45, 2.75) is 18.9 Å². The van der Waals surface area contributed by atoms with E-state index in [9.17, 15) is 4.79 Å². The summed E-state index contributed by atoms with van der Waals surface area (Å²) in [6.07, 6.45) is 0.687. The van der Waals surface area contributed by atoms with Gasteiger partial charge in [0.25, 0.3) is 0 Å². The van der Waals surface area contributed by atoms with Gasteiger partial charge in [-0.2, -0.15) is 0 Å². The Hall–Kier alpha value is -2.17. The van der Waals surface area contributed by atoms with Crippen molar-refractivity contribution < 1.29 is 15.0 Å². The molecule has 0 spiro atoms. The maximum Gasteiger partial charge on any atom is 0.307 e. The zero-order chi connectivity index (χ0) is 15.2. The van der Waals surface area contributed by atoms with Crippen LogP contribution >= 0.6 is 0 Å². The third kappa shape index (κ3) is 4.41. The predicted octanol–water partition coefficient (Wildman–Crippen LogP) is 1.84. The number of nitrogens with two attached hydrogens (primary N) is 1. The van der Waals surface area contributed by atoms with Crippen LogP contribution in [0.1, 0.15) is 11.1 Å². The molecule has 4 heteroatoms. The van der Waals surface area contributed by atoms with Gasteiger partial charge >= 0.3 is 5.97 Å². The number of hydrogen-bond donors (Lipinski definition) is 3. The van der Waals surface area contributed by atoms with Gasteiger partial charge in [0, 0.05) is 6.04 Å². The van der Waals surface area contributed by atoms with Crippen molar-refractivity contribution in [3.8, 4) is 11.1 Å². The summed E-state index contributed by atoms with van der Waals surface area (Å²) in [5.41, 5.74) is 9.70. The van der Waals surface area contributed by atoms with Crippen LogP contribution in [0.25, 0.3) is 11.1 Å². The molecule has 0 fully saturated rings. The fourth-order valence-corrected chi connectivity index (χ4v) is 2.19. The van der Waals surface area contributed by atoms with Crippen molar-refractivity contribution in [2.24, 2.45) is 5.73 Å². The lowest BCUT2D eigenvalue weighted by Crippen LogP contribution is -2.26. The van der Waals surface area contributed by atoms with Crippen LogP contribution in [0, 0.1) is 0 Å². The highest BCUT2D eigenvalue weighted by atomic mass is 16.4. The maximum atomic E-state index is 10.6. The number of aliphatic hydroxyl groups is 1. The van der Waals surface area contributed by atoms with Crippen LogP contribution < -0.4 is 5.73 Å². The largest absolute Gasteiger partial charge is 0.481 e. The van der Waals surface area contributed by atoms with Gasteiger partial charge in [-0.05, 0) is 28.7 Å². The van der Waals surface area contributed by atoms with Gasteiger partial charge < -0.3 is 15.9 Å². The Balaban J connectivity index is 2.09. The average molecular weight is 285 g/mol. The second-order valence-electron chi connectivity index (χ2n) is 5.11. The molecule has 0 aliphatic rings. The molecule has 4 N–H and O–H groups in total. The predicted molar refractivity (Wildman–Crippen MR) is 82.0 cm³/mol. The van der Waals surface area contributed by atoms with Gasteiger partial charge in [-0.25, -0.2) is 0 Å². The van der Waals surface area contributed by atoms with Gasteiger partial charge in [-0.3, -0.25) is 4.79 Å². The summed E-state index contributed by atoms with van der Waals surface area (Å²) in [5, 5.41) is 17.7. The molecule has 0 aliphatic carbocycles. The average Bonchev–Trinajstić information content (AvgIpc) is 2.48. The van der Waals surface area contributed by atoms with E-state index < -0.39 is 5.97 Å². The van der Waals surface area contributed by atoms with Crippen LogP contribution in [0.15, 0.2) is 48.5 Å². The lowest BCUT2D eigenvalue weighted by molar-refractivity contribution is -0.136. The molecule has 4 nitrogen and oxygen atoms in total. The number of hydrogen-bond acceptors (Lipinski definition) is 3. The van der Waals surface area contributed by atoms with Crippen molar-refractivity contribution in [2.75, 3.05) is 6.61 Å². The van der Waals surface area contributed by atoms with Gasteiger partial charge in [0.15, 0.2) is 0 Å². The molecule has 1 atom stereocenters. The van der Waals surface area contributed by atoms with Crippen LogP contribution in [0.2, 0.25) is 0 Å². The highest BCUT2D eigenvalue weighted by Crippen LogP contribution is 2.21. The minimum absolute atomic E-state index is 0.0210. The van der Waals surface area contributed by atoms with Crippen LogP contribution in [0.5, 0.6) is 0 Å². The van der Waals surface area contributed by atoms with E-state index in [4.69, 9.17) is 15.9 Å². The summed E-state index contributed by atoms with van der Waals surface area (Å²) in [4.78, 5) is 10.6. The van der Waals surface area contributed by atoms with Gasteiger partial charge in [0.2, 0.25) is 0 Å². The minimum Gasteiger partial charge on any atom is -0.481 e. The monoisotopic (exact) mass is 285 g/mol. The Kier molecular flexibility index (Phi) is 5.09. The molecule has 2 rings (SSSR count). The molecule has 0 aromatic heterocycles. The number of carbonyl (C=O) groups is 1. The second-order valence-corrected chi connectivity index (χ2v) is 5.11. The lowest BCUT2D eigenvalue weighted by Gasteiger charge is -2.09. The van der Waals surface area contributed by atoms with E-state index >= 15 is 0 Å². The van der Waals surface area contributed by atoms with Gasteiger partial charge in [-0.1, -0.05) is 48.5 Å². The molecule has 0 bridgehead atoms. The zero-order valence-electron chi connectivity index (χ0n) is 11.7. The Bertz CT molecular complexity index is 590. The lowest BCUT2D eigenvalue weighted by atomic mass is 10.00. The van der Waals surface area contributed by atoms with Crippen molar-refractivity contribution in [3.05, 3.63) is 59.7 Å². The van der Waals surface area contributed by atoms with Crippen LogP contribution in [-0.4, -0.2) is 28.8 Å². The summed E-state index contributed by atoms with van der Waals surface area (Å²) < 4.78 is 0. The Morgan fingerprint density at radius 1 is 0.952 bits per heavy atom. The highest BCUT2D eigenvalue weighted by Gasteiger charge is 2.04. The van der Waals surface area contributed by atoms with Crippen LogP contribution in [0.4, 0.5) is 0 Å². The van der Waals surface area contributed by atoms with E-state index in [0.717, 1.165) is 22.3 Å². The number of carboxylic acids is 1. The first-order valence-corrected chi connectivity index (χ1v) is 6.85. The summed E-state index contributed by atoms with van der Waals surface area (Å²) in [6, 6.07) is 15.3. The summed E-state index contributed by atoms with van der Waals surface area (Å²) in [6.45, 7) is -0.0210. The van der Waals surface area contributed by atoms with E-state index in [1.807, 2.05) is 48.5 Å². The smallest absolute Gasteiger partial charge is 0.307 e. The quantitative estimate of drug-likeness (QED) is 0.756. The summed E-state index contributed by atoms with van der Waals surface area (Å²) >= 11 is 0. The third-order valence-corrected chi connectivity index (χ3v) is 3.33. The molecular weight excluding hydrogens is 266 g/mol. The molecule has 0 amide bonds. The van der Waals surface area contributed by atoms with Crippen molar-refractivity contribution in [1.29, 1.82) is 0 Å². The van der Waals surface area contributed by atoms with Crippen molar-refractivity contribution in [3.63, 3.8) is 0 Å². The van der Waals surface area contributed by atoms with E-state index in [0.29, 0.717) is 6.42 Å². The third-order valence-electron chi connectivity index (χ3n) is 3.33. The highest BCUT2D eigenvalue weighted by molar-refractivity contribution is 5.71. The number of rotatable bonds is 6. The van der Waals surface area contributed by atoms with E-state index in [1.165, 1.54) is 0 Å². The molecule has 2 aromatic rings. The number of carboxylic acid groups (broad SMARTS) is 1. The Morgan fingerprint density at radius 2 is 1.43 bits per heavy atom. The molecule has 21 heavy (non-hydrogen) atoms. The molecule has 2 aromatic carbocycles. The number of aliphatic carboxylic acids is 1. The van der Waals surface area contributed by atoms with Gasteiger partial charge in [-0.15, -0.1) is 0 Å². The zero-order valence-corrected chi connectivity index (χ0v) is 11.7. The first-order chi connectivity index (χ1) is 10.1. The first kappa shape index (κ1) is 15.2. The number of aliphatic hydroxyl groups excluding tert-OH is 1. The van der Waals surface area contributed by atoms with Crippen LogP contribution in [-0.2, 0) is 17.6 Å². The Labute approximate surface area is 123 Å². The molecule has 0 aliphatic heterocycles. The fraction of sp³-hybridized carbons (Fsp3) is 0.235. The van der Waals surface area contributed by atoms with E-state index in [2.05, 4.69) is 0 Å². The van der Waals surface area contributed by atoms with Crippen LogP contribution in [0.3, 0.4) is 0 Å². The molecule has 110 valence electrons. The molecule has 0 saturated heterocycles. The normalized spacial score (nSPS) is 12.1. The molecule has 0 heterocycles. The molecular formula is C17H19NO3.